The normalized spacial score (nSPS) is 15.7. The Morgan fingerprint density at radius 1 is 1.13 bits per heavy atom. The van der Waals surface area contributed by atoms with E-state index in [1.807, 2.05) is 47.2 Å². The van der Waals surface area contributed by atoms with E-state index in [9.17, 15) is 4.79 Å². The van der Waals surface area contributed by atoms with Crippen molar-refractivity contribution in [3.8, 4) is 0 Å². The zero-order valence-corrected chi connectivity index (χ0v) is 13.6. The van der Waals surface area contributed by atoms with E-state index in [2.05, 4.69) is 10.6 Å². The first kappa shape index (κ1) is 15.8. The van der Waals surface area contributed by atoms with E-state index >= 15 is 0 Å². The van der Waals surface area contributed by atoms with Crippen molar-refractivity contribution in [3.05, 3.63) is 52.7 Å². The molecule has 1 aromatic heterocycles. The molecule has 5 heteroatoms. The van der Waals surface area contributed by atoms with Crippen LogP contribution in [0.25, 0.3) is 6.08 Å². The lowest BCUT2D eigenvalue weighted by atomic mass is 10.1. The summed E-state index contributed by atoms with van der Waals surface area (Å²) in [7, 11) is 0. The molecule has 0 atom stereocenters. The van der Waals surface area contributed by atoms with E-state index in [0.29, 0.717) is 6.04 Å². The average molecular weight is 328 g/mol. The Morgan fingerprint density at radius 2 is 1.87 bits per heavy atom. The van der Waals surface area contributed by atoms with E-state index in [1.54, 1.807) is 17.4 Å². The predicted molar refractivity (Wildman–Crippen MR) is 95.9 cm³/mol. The maximum Gasteiger partial charge on any atom is 0.248 e. The number of carbonyl (C=O) groups excluding carboxylic acids is 1. The first-order chi connectivity index (χ1) is 11.3. The molecule has 2 heterocycles. The van der Waals surface area contributed by atoms with Crippen molar-refractivity contribution in [1.29, 1.82) is 0 Å². The second-order valence-electron chi connectivity index (χ2n) is 5.49. The molecule has 1 amide bonds. The van der Waals surface area contributed by atoms with Crippen molar-refractivity contribution in [2.75, 3.05) is 23.8 Å². The zero-order valence-electron chi connectivity index (χ0n) is 12.8. The first-order valence-corrected chi connectivity index (χ1v) is 8.69. The molecule has 1 aliphatic rings. The van der Waals surface area contributed by atoms with Crippen LogP contribution >= 0.6 is 11.3 Å². The fraction of sp³-hybridized carbons (Fsp3) is 0.278. The molecule has 0 spiro atoms. The Balaban J connectivity index is 1.51. The van der Waals surface area contributed by atoms with Crippen molar-refractivity contribution in [2.45, 2.75) is 18.9 Å². The third kappa shape index (κ3) is 4.94. The third-order valence-electron chi connectivity index (χ3n) is 3.71. The molecule has 23 heavy (non-hydrogen) atoms. The van der Waals surface area contributed by atoms with Crippen LogP contribution in [0.1, 0.15) is 18.4 Å². The molecule has 4 nitrogen and oxygen atoms in total. The summed E-state index contributed by atoms with van der Waals surface area (Å²) >= 11 is 1.61. The molecular formula is C18H20N2O2S. The van der Waals surface area contributed by atoms with Gasteiger partial charge in [-0.25, -0.2) is 0 Å². The summed E-state index contributed by atoms with van der Waals surface area (Å²) in [5.41, 5.74) is 2.91. The highest BCUT2D eigenvalue weighted by molar-refractivity contribution is 7.08. The van der Waals surface area contributed by atoms with Gasteiger partial charge in [-0.1, -0.05) is 0 Å². The molecule has 3 rings (SSSR count). The zero-order chi connectivity index (χ0) is 15.9. The van der Waals surface area contributed by atoms with E-state index in [1.165, 1.54) is 0 Å². The largest absolute Gasteiger partial charge is 0.382 e. The molecule has 0 radical (unpaired) electrons. The Hall–Kier alpha value is -2.11. The minimum atomic E-state index is -0.124. The molecule has 2 aromatic rings. The summed E-state index contributed by atoms with van der Waals surface area (Å²) in [6.07, 6.45) is 5.43. The molecular weight excluding hydrogens is 308 g/mol. The van der Waals surface area contributed by atoms with Crippen LogP contribution in [0.4, 0.5) is 11.4 Å². The van der Waals surface area contributed by atoms with E-state index in [-0.39, 0.29) is 5.91 Å². The van der Waals surface area contributed by atoms with Crippen LogP contribution in [-0.2, 0) is 9.53 Å². The van der Waals surface area contributed by atoms with Gasteiger partial charge in [0, 0.05) is 36.7 Å². The Morgan fingerprint density at radius 3 is 2.57 bits per heavy atom. The molecule has 0 saturated carbocycles. The molecule has 0 bridgehead atoms. The Bertz CT molecular complexity index is 644. The Kier molecular flexibility index (Phi) is 5.45. The van der Waals surface area contributed by atoms with Crippen LogP contribution < -0.4 is 10.6 Å². The summed E-state index contributed by atoms with van der Waals surface area (Å²) in [5.74, 6) is -0.124. The van der Waals surface area contributed by atoms with Crippen molar-refractivity contribution < 1.29 is 9.53 Å². The van der Waals surface area contributed by atoms with Gasteiger partial charge in [-0.2, -0.15) is 11.3 Å². The SMILES string of the molecule is O=C(/C=C/c1ccsc1)Nc1ccc(NC2CCOCC2)cc1. The summed E-state index contributed by atoms with van der Waals surface area (Å²) in [6.45, 7) is 1.64. The maximum absolute atomic E-state index is 11.9. The van der Waals surface area contributed by atoms with Crippen molar-refractivity contribution >= 4 is 34.7 Å². The van der Waals surface area contributed by atoms with Gasteiger partial charge in [0.25, 0.3) is 0 Å². The number of thiophene rings is 1. The standard InChI is InChI=1S/C18H20N2O2S/c21-18(6-1-14-9-12-23-13-14)20-16-4-2-15(3-5-16)19-17-7-10-22-11-8-17/h1-6,9,12-13,17,19H,7-8,10-11H2,(H,20,21)/b6-1+. The number of benzene rings is 1. The molecule has 0 aliphatic carbocycles. The van der Waals surface area contributed by atoms with Crippen molar-refractivity contribution in [2.24, 2.45) is 0 Å². The van der Waals surface area contributed by atoms with Crippen LogP contribution in [0.5, 0.6) is 0 Å². The smallest absolute Gasteiger partial charge is 0.248 e. The van der Waals surface area contributed by atoms with Gasteiger partial charge in [0.2, 0.25) is 5.91 Å². The van der Waals surface area contributed by atoms with Crippen LogP contribution in [0.2, 0.25) is 0 Å². The van der Waals surface area contributed by atoms with E-state index in [0.717, 1.165) is 43.0 Å². The molecule has 0 unspecified atom stereocenters. The second kappa shape index (κ2) is 7.94. The number of hydrogen-bond donors (Lipinski definition) is 2. The fourth-order valence-electron chi connectivity index (χ4n) is 2.45. The van der Waals surface area contributed by atoms with Gasteiger partial charge in [-0.3, -0.25) is 4.79 Å². The number of rotatable bonds is 5. The topological polar surface area (TPSA) is 50.4 Å². The van der Waals surface area contributed by atoms with Gasteiger partial charge < -0.3 is 15.4 Å². The number of carbonyl (C=O) groups is 1. The monoisotopic (exact) mass is 328 g/mol. The fourth-order valence-corrected chi connectivity index (χ4v) is 3.08. The molecule has 2 N–H and O–H groups in total. The molecule has 1 aromatic carbocycles. The maximum atomic E-state index is 11.9. The summed E-state index contributed by atoms with van der Waals surface area (Å²) in [4.78, 5) is 11.9. The summed E-state index contributed by atoms with van der Waals surface area (Å²) in [6, 6.07) is 10.3. The van der Waals surface area contributed by atoms with Gasteiger partial charge in [0.15, 0.2) is 0 Å². The van der Waals surface area contributed by atoms with Gasteiger partial charge in [-0.05, 0) is 65.6 Å². The van der Waals surface area contributed by atoms with Crippen molar-refractivity contribution in [1.82, 2.24) is 0 Å². The molecule has 1 aliphatic heterocycles. The number of ether oxygens (including phenoxy) is 1. The highest BCUT2D eigenvalue weighted by Crippen LogP contribution is 2.18. The second-order valence-corrected chi connectivity index (χ2v) is 6.27. The molecule has 120 valence electrons. The predicted octanol–water partition coefficient (Wildman–Crippen LogP) is 3.99. The quantitative estimate of drug-likeness (QED) is 0.816. The van der Waals surface area contributed by atoms with Crippen LogP contribution in [0.15, 0.2) is 47.2 Å². The van der Waals surface area contributed by atoms with Gasteiger partial charge in [0.1, 0.15) is 0 Å². The van der Waals surface area contributed by atoms with E-state index < -0.39 is 0 Å². The van der Waals surface area contributed by atoms with Crippen LogP contribution in [-0.4, -0.2) is 25.2 Å². The van der Waals surface area contributed by atoms with Crippen molar-refractivity contribution in [3.63, 3.8) is 0 Å². The highest BCUT2D eigenvalue weighted by Gasteiger charge is 2.13. The Labute approximate surface area is 140 Å². The number of hydrogen-bond acceptors (Lipinski definition) is 4. The highest BCUT2D eigenvalue weighted by atomic mass is 32.1. The lowest BCUT2D eigenvalue weighted by molar-refractivity contribution is -0.111. The lowest BCUT2D eigenvalue weighted by Gasteiger charge is -2.24. The molecule has 1 fully saturated rings. The van der Waals surface area contributed by atoms with Crippen LogP contribution in [0.3, 0.4) is 0 Å². The van der Waals surface area contributed by atoms with Gasteiger partial charge in [-0.15, -0.1) is 0 Å². The van der Waals surface area contributed by atoms with Gasteiger partial charge >= 0.3 is 0 Å². The number of amides is 1. The van der Waals surface area contributed by atoms with E-state index in [4.69, 9.17) is 4.74 Å². The minimum absolute atomic E-state index is 0.124. The van der Waals surface area contributed by atoms with Crippen LogP contribution in [0, 0.1) is 0 Å². The number of nitrogens with one attached hydrogen (secondary N) is 2. The first-order valence-electron chi connectivity index (χ1n) is 7.75. The minimum Gasteiger partial charge on any atom is -0.382 e. The lowest BCUT2D eigenvalue weighted by Crippen LogP contribution is -2.27. The average Bonchev–Trinajstić information content (AvgIpc) is 3.09. The summed E-state index contributed by atoms with van der Waals surface area (Å²) in [5, 5.41) is 10.4. The number of anilines is 2. The summed E-state index contributed by atoms with van der Waals surface area (Å²) < 4.78 is 5.36. The van der Waals surface area contributed by atoms with Gasteiger partial charge in [0.05, 0.1) is 0 Å². The third-order valence-corrected chi connectivity index (χ3v) is 4.42. The molecule has 1 saturated heterocycles.